The number of amides is 2. The Balaban J connectivity index is 1.88. The lowest BCUT2D eigenvalue weighted by Gasteiger charge is -2.33. The fourth-order valence-corrected chi connectivity index (χ4v) is 2.59. The molecule has 1 aromatic carbocycles. The fourth-order valence-electron chi connectivity index (χ4n) is 2.59. The maximum absolute atomic E-state index is 12.7. The average Bonchev–Trinajstić information content (AvgIpc) is 2.47. The van der Waals surface area contributed by atoms with Crippen molar-refractivity contribution in [1.82, 2.24) is 4.90 Å². The highest BCUT2D eigenvalue weighted by Gasteiger charge is 2.41. The van der Waals surface area contributed by atoms with E-state index in [1.807, 2.05) is 0 Å². The predicted molar refractivity (Wildman–Crippen MR) is 78.8 cm³/mol. The quantitative estimate of drug-likeness (QED) is 0.887. The lowest BCUT2D eigenvalue weighted by Crippen LogP contribution is -2.44. The summed E-state index contributed by atoms with van der Waals surface area (Å²) in [6, 6.07) is 5.98. The normalized spacial score (nSPS) is 19.3. The van der Waals surface area contributed by atoms with Crippen LogP contribution in [0.5, 0.6) is 0 Å². The van der Waals surface area contributed by atoms with Gasteiger partial charge in [0.25, 0.3) is 0 Å². The number of nitrogens with zero attached hydrogens (tertiary/aromatic N) is 1. The Hall–Kier alpha value is -2.09. The molecule has 1 fully saturated rings. The van der Waals surface area contributed by atoms with Crippen LogP contribution < -0.4 is 11.1 Å². The van der Waals surface area contributed by atoms with E-state index < -0.39 is 18.0 Å². The summed E-state index contributed by atoms with van der Waals surface area (Å²) in [5.41, 5.74) is 5.89. The minimum Gasteiger partial charge on any atom is -0.366 e. The summed E-state index contributed by atoms with van der Waals surface area (Å²) >= 11 is 0. The first kappa shape index (κ1) is 17.3. The number of carbonyl (C=O) groups is 2. The molecule has 1 heterocycles. The van der Waals surface area contributed by atoms with Gasteiger partial charge in [0.15, 0.2) is 0 Å². The third-order valence-corrected chi connectivity index (χ3v) is 3.79. The van der Waals surface area contributed by atoms with E-state index >= 15 is 0 Å². The molecule has 23 heavy (non-hydrogen) atoms. The number of benzene rings is 1. The molecule has 1 unspecified atom stereocenters. The fraction of sp³-hybridized carbons (Fsp3) is 0.467. The molecule has 5 nitrogen and oxygen atoms in total. The van der Waals surface area contributed by atoms with Crippen molar-refractivity contribution >= 4 is 17.5 Å². The van der Waals surface area contributed by atoms with Crippen molar-refractivity contribution in [3.63, 3.8) is 0 Å². The molecule has 2 amide bonds. The SMILES string of the molecule is NC(=O)c1ccc(NC(=O)CN2CCCC(C(F)(F)F)C2)cc1. The van der Waals surface area contributed by atoms with Crippen LogP contribution in [-0.4, -0.2) is 42.5 Å². The van der Waals surface area contributed by atoms with E-state index in [1.54, 1.807) is 0 Å². The van der Waals surface area contributed by atoms with Gasteiger partial charge in [-0.15, -0.1) is 0 Å². The second kappa shape index (κ2) is 6.99. The highest BCUT2D eigenvalue weighted by molar-refractivity contribution is 5.95. The summed E-state index contributed by atoms with van der Waals surface area (Å²) in [5.74, 6) is -2.34. The monoisotopic (exact) mass is 329 g/mol. The van der Waals surface area contributed by atoms with Crippen molar-refractivity contribution in [3.8, 4) is 0 Å². The van der Waals surface area contributed by atoms with Crippen LogP contribution in [0.1, 0.15) is 23.2 Å². The predicted octanol–water partition coefficient (Wildman–Crippen LogP) is 2.00. The summed E-state index contributed by atoms with van der Waals surface area (Å²) in [6.07, 6.45) is -3.69. The van der Waals surface area contributed by atoms with Gasteiger partial charge in [-0.05, 0) is 43.7 Å². The zero-order valence-corrected chi connectivity index (χ0v) is 12.4. The summed E-state index contributed by atoms with van der Waals surface area (Å²) in [7, 11) is 0. The molecule has 2 rings (SSSR count). The van der Waals surface area contributed by atoms with Gasteiger partial charge < -0.3 is 11.1 Å². The minimum atomic E-state index is -4.22. The van der Waals surface area contributed by atoms with E-state index in [9.17, 15) is 22.8 Å². The molecular formula is C15H18F3N3O2. The number of piperidine rings is 1. The molecule has 3 N–H and O–H groups in total. The number of carbonyl (C=O) groups excluding carboxylic acids is 2. The molecule has 1 aromatic rings. The van der Waals surface area contributed by atoms with Crippen molar-refractivity contribution in [1.29, 1.82) is 0 Å². The van der Waals surface area contributed by atoms with E-state index in [-0.39, 0.29) is 25.4 Å². The number of likely N-dealkylation sites (tertiary alicyclic amines) is 1. The Morgan fingerprint density at radius 1 is 1.26 bits per heavy atom. The highest BCUT2D eigenvalue weighted by Crippen LogP contribution is 2.32. The Labute approximate surface area is 131 Å². The van der Waals surface area contributed by atoms with E-state index in [0.717, 1.165) is 0 Å². The van der Waals surface area contributed by atoms with Crippen molar-refractivity contribution in [2.24, 2.45) is 11.7 Å². The summed E-state index contributed by atoms with van der Waals surface area (Å²) in [4.78, 5) is 24.4. The van der Waals surface area contributed by atoms with Crippen LogP contribution in [0.4, 0.5) is 18.9 Å². The number of primary amides is 1. The first-order valence-corrected chi connectivity index (χ1v) is 7.24. The number of anilines is 1. The molecule has 0 radical (unpaired) electrons. The number of halogens is 3. The summed E-state index contributed by atoms with van der Waals surface area (Å²) in [5, 5.41) is 2.59. The number of nitrogens with one attached hydrogen (secondary N) is 1. The van der Waals surface area contributed by atoms with Crippen molar-refractivity contribution in [3.05, 3.63) is 29.8 Å². The number of alkyl halides is 3. The number of rotatable bonds is 4. The molecule has 1 saturated heterocycles. The zero-order valence-electron chi connectivity index (χ0n) is 12.4. The van der Waals surface area contributed by atoms with Gasteiger partial charge >= 0.3 is 6.18 Å². The van der Waals surface area contributed by atoms with Gasteiger partial charge in [0.05, 0.1) is 12.5 Å². The van der Waals surface area contributed by atoms with Crippen LogP contribution in [0, 0.1) is 5.92 Å². The molecular weight excluding hydrogens is 311 g/mol. The zero-order chi connectivity index (χ0) is 17.0. The maximum atomic E-state index is 12.7. The molecule has 1 aliphatic heterocycles. The third kappa shape index (κ3) is 4.95. The Morgan fingerprint density at radius 2 is 1.91 bits per heavy atom. The first-order valence-electron chi connectivity index (χ1n) is 7.24. The number of nitrogens with two attached hydrogens (primary N) is 1. The molecule has 0 saturated carbocycles. The standard InChI is InChI=1S/C15H18F3N3O2/c16-15(17,18)11-2-1-7-21(8-11)9-13(22)20-12-5-3-10(4-6-12)14(19)23/h3-6,11H,1-2,7-9H2,(H2,19,23)(H,20,22). The second-order valence-electron chi connectivity index (χ2n) is 5.61. The van der Waals surface area contributed by atoms with Gasteiger partial charge in [0.2, 0.25) is 11.8 Å². The van der Waals surface area contributed by atoms with Crippen molar-refractivity contribution in [2.75, 3.05) is 25.0 Å². The molecule has 126 valence electrons. The van der Waals surface area contributed by atoms with Crippen molar-refractivity contribution in [2.45, 2.75) is 19.0 Å². The smallest absolute Gasteiger partial charge is 0.366 e. The molecule has 8 heteroatoms. The highest BCUT2D eigenvalue weighted by atomic mass is 19.4. The van der Waals surface area contributed by atoms with Gasteiger partial charge in [0.1, 0.15) is 0 Å². The minimum absolute atomic E-state index is 0.0931. The molecule has 0 aliphatic carbocycles. The Morgan fingerprint density at radius 3 is 2.48 bits per heavy atom. The summed E-state index contributed by atoms with van der Waals surface area (Å²) in [6.45, 7) is 0.225. The molecule has 0 spiro atoms. The van der Waals surface area contributed by atoms with E-state index in [1.165, 1.54) is 29.2 Å². The number of hydrogen-bond donors (Lipinski definition) is 2. The van der Waals surface area contributed by atoms with Gasteiger partial charge in [-0.1, -0.05) is 0 Å². The second-order valence-corrected chi connectivity index (χ2v) is 5.61. The van der Waals surface area contributed by atoms with E-state index in [4.69, 9.17) is 5.73 Å². The maximum Gasteiger partial charge on any atom is 0.393 e. The molecule has 0 aromatic heterocycles. The van der Waals surface area contributed by atoms with Gasteiger partial charge in [0, 0.05) is 17.8 Å². The molecule has 1 atom stereocenters. The van der Waals surface area contributed by atoms with Crippen LogP contribution in [0.15, 0.2) is 24.3 Å². The topological polar surface area (TPSA) is 75.4 Å². The largest absolute Gasteiger partial charge is 0.393 e. The first-order chi connectivity index (χ1) is 10.8. The lowest BCUT2D eigenvalue weighted by atomic mass is 9.97. The van der Waals surface area contributed by atoms with E-state index in [2.05, 4.69) is 5.32 Å². The van der Waals surface area contributed by atoms with Gasteiger partial charge in [-0.25, -0.2) is 0 Å². The molecule has 0 bridgehead atoms. The van der Waals surface area contributed by atoms with Crippen LogP contribution in [-0.2, 0) is 4.79 Å². The third-order valence-electron chi connectivity index (χ3n) is 3.79. The van der Waals surface area contributed by atoms with E-state index in [0.29, 0.717) is 24.2 Å². The van der Waals surface area contributed by atoms with Crippen LogP contribution in [0.3, 0.4) is 0 Å². The average molecular weight is 329 g/mol. The van der Waals surface area contributed by atoms with Gasteiger partial charge in [-0.2, -0.15) is 13.2 Å². The number of hydrogen-bond acceptors (Lipinski definition) is 3. The Kier molecular flexibility index (Phi) is 5.25. The summed E-state index contributed by atoms with van der Waals surface area (Å²) < 4.78 is 38.2. The van der Waals surface area contributed by atoms with Crippen molar-refractivity contribution < 1.29 is 22.8 Å². The van der Waals surface area contributed by atoms with Crippen LogP contribution in [0.25, 0.3) is 0 Å². The van der Waals surface area contributed by atoms with Crippen LogP contribution >= 0.6 is 0 Å². The molecule has 1 aliphatic rings. The van der Waals surface area contributed by atoms with Gasteiger partial charge in [-0.3, -0.25) is 14.5 Å². The van der Waals surface area contributed by atoms with Crippen LogP contribution in [0.2, 0.25) is 0 Å². The lowest BCUT2D eigenvalue weighted by molar-refractivity contribution is -0.186. The Bertz CT molecular complexity index is 572.